The van der Waals surface area contributed by atoms with Gasteiger partial charge in [-0.25, -0.2) is 4.79 Å². The highest BCUT2D eigenvalue weighted by Crippen LogP contribution is 2.37. The molecule has 0 unspecified atom stereocenters. The van der Waals surface area contributed by atoms with Crippen molar-refractivity contribution in [2.75, 3.05) is 0 Å². The molecule has 0 spiro atoms. The van der Waals surface area contributed by atoms with Gasteiger partial charge in [-0.3, -0.25) is 4.79 Å². The summed E-state index contributed by atoms with van der Waals surface area (Å²) in [4.78, 5) is 25.3. The minimum absolute atomic E-state index is 0.187. The molecule has 0 fully saturated rings. The van der Waals surface area contributed by atoms with E-state index in [9.17, 15) is 9.59 Å². The van der Waals surface area contributed by atoms with Crippen molar-refractivity contribution in [1.29, 1.82) is 0 Å². The number of ketones is 1. The Bertz CT molecular complexity index is 1210. The molecule has 3 aromatic rings. The molecule has 0 aromatic heterocycles. The van der Waals surface area contributed by atoms with E-state index in [-0.39, 0.29) is 11.5 Å². The van der Waals surface area contributed by atoms with E-state index >= 15 is 0 Å². The monoisotopic (exact) mass is 432 g/mol. The van der Waals surface area contributed by atoms with Crippen LogP contribution in [0.15, 0.2) is 66.4 Å². The Kier molecular flexibility index (Phi) is 5.66. The number of Topliss-reactive ketones (excluding diaryl/α,β-unsaturated/α-hetero) is 1. The van der Waals surface area contributed by atoms with Crippen LogP contribution in [0.4, 0.5) is 0 Å². The van der Waals surface area contributed by atoms with Gasteiger partial charge in [0.2, 0.25) is 5.78 Å². The van der Waals surface area contributed by atoms with Crippen molar-refractivity contribution in [3.8, 4) is 11.5 Å². The number of hydrogen-bond acceptors (Lipinski definition) is 4. The van der Waals surface area contributed by atoms with Gasteiger partial charge in [0.25, 0.3) is 0 Å². The van der Waals surface area contributed by atoms with Gasteiger partial charge < -0.3 is 9.47 Å². The van der Waals surface area contributed by atoms with Crippen LogP contribution in [0.3, 0.4) is 0 Å². The van der Waals surface area contributed by atoms with E-state index in [0.717, 1.165) is 5.56 Å². The Morgan fingerprint density at radius 3 is 2.48 bits per heavy atom. The molecule has 31 heavy (non-hydrogen) atoms. The molecule has 3 aromatic carbocycles. The predicted octanol–water partition coefficient (Wildman–Crippen LogP) is 6.61. The van der Waals surface area contributed by atoms with Gasteiger partial charge in [-0.2, -0.15) is 0 Å². The van der Waals surface area contributed by atoms with Gasteiger partial charge in [0.05, 0.1) is 11.1 Å². The Morgan fingerprint density at radius 1 is 1.06 bits per heavy atom. The van der Waals surface area contributed by atoms with Crippen molar-refractivity contribution in [1.82, 2.24) is 0 Å². The van der Waals surface area contributed by atoms with E-state index < -0.39 is 5.97 Å². The summed E-state index contributed by atoms with van der Waals surface area (Å²) in [7, 11) is 0. The van der Waals surface area contributed by atoms with Crippen LogP contribution >= 0.6 is 11.6 Å². The van der Waals surface area contributed by atoms with Crippen LogP contribution in [-0.2, 0) is 0 Å². The van der Waals surface area contributed by atoms with Crippen molar-refractivity contribution >= 4 is 29.4 Å². The Balaban J connectivity index is 1.58. The third-order valence-corrected chi connectivity index (χ3v) is 5.35. The van der Waals surface area contributed by atoms with Gasteiger partial charge in [-0.05, 0) is 59.9 Å². The quantitative estimate of drug-likeness (QED) is 0.264. The fourth-order valence-electron chi connectivity index (χ4n) is 3.45. The highest BCUT2D eigenvalue weighted by atomic mass is 35.5. The average molecular weight is 433 g/mol. The lowest BCUT2D eigenvalue weighted by Crippen LogP contribution is -2.08. The van der Waals surface area contributed by atoms with E-state index in [1.807, 2.05) is 24.3 Å². The summed E-state index contributed by atoms with van der Waals surface area (Å²) >= 11 is 5.94. The number of carbonyl (C=O) groups is 2. The summed E-state index contributed by atoms with van der Waals surface area (Å²) in [6.45, 7) is 6.05. The first-order chi connectivity index (χ1) is 14.8. The molecule has 4 rings (SSSR count). The lowest BCUT2D eigenvalue weighted by molar-refractivity contribution is 0.0734. The maximum atomic E-state index is 12.9. The predicted molar refractivity (Wildman–Crippen MR) is 121 cm³/mol. The van der Waals surface area contributed by atoms with Gasteiger partial charge in [0.15, 0.2) is 5.76 Å². The number of halogens is 1. The van der Waals surface area contributed by atoms with E-state index in [1.54, 1.807) is 43.3 Å². The summed E-state index contributed by atoms with van der Waals surface area (Å²) in [6.07, 6.45) is 1.73. The first-order valence-electron chi connectivity index (χ1n) is 9.98. The van der Waals surface area contributed by atoms with Crippen LogP contribution in [0.25, 0.3) is 6.08 Å². The molecular formula is C26H21ClO4. The van der Waals surface area contributed by atoms with Gasteiger partial charge in [0.1, 0.15) is 11.5 Å². The van der Waals surface area contributed by atoms with Crippen LogP contribution in [0.2, 0.25) is 5.02 Å². The molecule has 0 atom stereocenters. The van der Waals surface area contributed by atoms with Crippen LogP contribution in [0, 0.1) is 6.92 Å². The molecule has 0 radical (unpaired) electrons. The zero-order chi connectivity index (χ0) is 22.1. The summed E-state index contributed by atoms with van der Waals surface area (Å²) in [5.74, 6) is 0.639. The summed E-state index contributed by atoms with van der Waals surface area (Å²) in [5.41, 5.74) is 3.60. The average Bonchev–Trinajstić information content (AvgIpc) is 3.04. The second-order valence-electron chi connectivity index (χ2n) is 7.77. The molecule has 4 nitrogen and oxygen atoms in total. The highest BCUT2D eigenvalue weighted by molar-refractivity contribution is 6.30. The Hall–Kier alpha value is -3.37. The number of carbonyl (C=O) groups excluding carboxylic acids is 2. The number of hydrogen-bond donors (Lipinski definition) is 0. The summed E-state index contributed by atoms with van der Waals surface area (Å²) in [5, 5.41) is 0.449. The number of aryl methyl sites for hydroxylation is 1. The molecule has 0 bridgehead atoms. The molecule has 0 N–H and O–H groups in total. The molecule has 0 amide bonds. The molecule has 1 heterocycles. The first-order valence-corrected chi connectivity index (χ1v) is 10.4. The number of benzene rings is 3. The maximum absolute atomic E-state index is 12.9. The van der Waals surface area contributed by atoms with E-state index in [0.29, 0.717) is 39.1 Å². The SMILES string of the molecule is Cc1cc(OC(=O)c2cccc(Cl)c2)cc2c1C(=O)/C(=C/c1ccc(C(C)C)cc1)O2. The van der Waals surface area contributed by atoms with Crippen molar-refractivity contribution < 1.29 is 19.1 Å². The molecule has 5 heteroatoms. The third-order valence-electron chi connectivity index (χ3n) is 5.12. The lowest BCUT2D eigenvalue weighted by atomic mass is 10.0. The van der Waals surface area contributed by atoms with Crippen molar-refractivity contribution in [2.24, 2.45) is 0 Å². The van der Waals surface area contributed by atoms with E-state index in [4.69, 9.17) is 21.1 Å². The van der Waals surface area contributed by atoms with Gasteiger partial charge in [-0.15, -0.1) is 0 Å². The largest absolute Gasteiger partial charge is 0.452 e. The van der Waals surface area contributed by atoms with Crippen LogP contribution < -0.4 is 9.47 Å². The van der Waals surface area contributed by atoms with Gasteiger partial charge in [0, 0.05) is 11.1 Å². The second kappa shape index (κ2) is 8.40. The topological polar surface area (TPSA) is 52.6 Å². The standard InChI is InChI=1S/C26H21ClO4/c1-15(2)18-9-7-17(8-10-18)12-23-25(28)24-16(3)11-21(14-22(24)31-23)30-26(29)19-5-4-6-20(27)13-19/h4-15H,1-3H3/b23-12-. The number of esters is 1. The number of ether oxygens (including phenoxy) is 2. The van der Waals surface area contributed by atoms with Crippen LogP contribution in [-0.4, -0.2) is 11.8 Å². The fraction of sp³-hybridized carbons (Fsp3) is 0.154. The fourth-order valence-corrected chi connectivity index (χ4v) is 3.64. The normalized spacial score (nSPS) is 14.0. The van der Waals surface area contributed by atoms with Crippen LogP contribution in [0.5, 0.6) is 11.5 Å². The molecule has 1 aliphatic heterocycles. The van der Waals surface area contributed by atoms with E-state index in [1.165, 1.54) is 11.6 Å². The Morgan fingerprint density at radius 2 is 1.81 bits per heavy atom. The van der Waals surface area contributed by atoms with Gasteiger partial charge >= 0.3 is 5.97 Å². The third kappa shape index (κ3) is 4.39. The molecule has 0 aliphatic carbocycles. The second-order valence-corrected chi connectivity index (χ2v) is 8.21. The zero-order valence-corrected chi connectivity index (χ0v) is 18.2. The van der Waals surface area contributed by atoms with Gasteiger partial charge in [-0.1, -0.05) is 55.8 Å². The first kappa shape index (κ1) is 20.9. The zero-order valence-electron chi connectivity index (χ0n) is 17.4. The molecule has 1 aliphatic rings. The maximum Gasteiger partial charge on any atom is 0.343 e. The van der Waals surface area contributed by atoms with Crippen molar-refractivity contribution in [3.05, 3.63) is 99.3 Å². The minimum atomic E-state index is -0.535. The molecule has 0 saturated heterocycles. The van der Waals surface area contributed by atoms with E-state index in [2.05, 4.69) is 13.8 Å². The number of fused-ring (bicyclic) bond motifs is 1. The van der Waals surface area contributed by atoms with Crippen molar-refractivity contribution in [2.45, 2.75) is 26.7 Å². The number of allylic oxidation sites excluding steroid dienone is 1. The highest BCUT2D eigenvalue weighted by Gasteiger charge is 2.30. The van der Waals surface area contributed by atoms with Crippen LogP contribution in [0.1, 0.15) is 57.2 Å². The summed E-state index contributed by atoms with van der Waals surface area (Å²) in [6, 6.07) is 17.8. The molecule has 156 valence electrons. The molecular weight excluding hydrogens is 412 g/mol. The Labute approximate surface area is 186 Å². The minimum Gasteiger partial charge on any atom is -0.452 e. The smallest absolute Gasteiger partial charge is 0.343 e. The molecule has 0 saturated carbocycles. The summed E-state index contributed by atoms with van der Waals surface area (Å²) < 4.78 is 11.3. The van der Waals surface area contributed by atoms with Crippen molar-refractivity contribution in [3.63, 3.8) is 0 Å². The number of rotatable bonds is 4. The lowest BCUT2D eigenvalue weighted by Gasteiger charge is -2.08.